The number of piperidine rings is 2. The van der Waals surface area contributed by atoms with Crippen LogP contribution in [0.25, 0.3) is 0 Å². The van der Waals surface area contributed by atoms with Gasteiger partial charge in [-0.05, 0) is 67.3 Å². The Kier molecular flexibility index (Phi) is 6.56. The van der Waals surface area contributed by atoms with E-state index in [-0.39, 0.29) is 36.7 Å². The Morgan fingerprint density at radius 1 is 0.923 bits per heavy atom. The smallest absolute Gasteiger partial charge is 0.255 e. The third-order valence-electron chi connectivity index (χ3n) is 7.82. The fraction of sp³-hybridized carbons (Fsp3) is 0.300. The van der Waals surface area contributed by atoms with Gasteiger partial charge in [-0.1, -0.05) is 24.3 Å². The van der Waals surface area contributed by atoms with E-state index >= 15 is 0 Å². The summed E-state index contributed by atoms with van der Waals surface area (Å²) in [6.07, 6.45) is 3.90. The van der Waals surface area contributed by atoms with Crippen molar-refractivity contribution in [2.45, 2.75) is 44.3 Å². The molecule has 1 aromatic heterocycles. The molecule has 198 valence electrons. The Balaban J connectivity index is 1.14. The number of nitrogens with one attached hydrogen (secondary N) is 1. The van der Waals surface area contributed by atoms with Gasteiger partial charge >= 0.3 is 0 Å². The third kappa shape index (κ3) is 4.76. The molecule has 3 aliphatic rings. The molecule has 4 heterocycles. The number of aromatic nitrogens is 1. The van der Waals surface area contributed by atoms with E-state index in [0.29, 0.717) is 30.6 Å². The Morgan fingerprint density at radius 2 is 1.69 bits per heavy atom. The lowest BCUT2D eigenvalue weighted by Crippen LogP contribution is -2.52. The summed E-state index contributed by atoms with van der Waals surface area (Å²) >= 11 is 0. The first kappa shape index (κ1) is 24.8. The van der Waals surface area contributed by atoms with E-state index in [1.807, 2.05) is 41.3 Å². The lowest BCUT2D eigenvalue weighted by Gasteiger charge is -2.39. The predicted octanol–water partition coefficient (Wildman–Crippen LogP) is 3.29. The monoisotopic (exact) mass is 523 g/mol. The summed E-state index contributed by atoms with van der Waals surface area (Å²) in [6.45, 7) is 1.47. The molecule has 0 spiro atoms. The van der Waals surface area contributed by atoms with Gasteiger partial charge in [0, 0.05) is 55.1 Å². The van der Waals surface area contributed by atoms with Crippen molar-refractivity contribution in [3.8, 4) is 0 Å². The van der Waals surface area contributed by atoms with Gasteiger partial charge in [0.05, 0.1) is 0 Å². The van der Waals surface area contributed by atoms with Crippen LogP contribution in [0.1, 0.15) is 52.0 Å². The summed E-state index contributed by atoms with van der Waals surface area (Å²) in [5, 5.41) is 2.32. The maximum atomic E-state index is 13.5. The highest BCUT2D eigenvalue weighted by molar-refractivity contribution is 6.06. The number of anilines is 2. The van der Waals surface area contributed by atoms with Crippen molar-refractivity contribution in [3.63, 3.8) is 0 Å². The number of rotatable bonds is 5. The Labute approximate surface area is 226 Å². The van der Waals surface area contributed by atoms with Crippen LogP contribution in [0.4, 0.5) is 11.5 Å². The number of amides is 4. The van der Waals surface area contributed by atoms with E-state index in [9.17, 15) is 19.2 Å². The quantitative estimate of drug-likeness (QED) is 0.515. The molecule has 0 saturated carbocycles. The minimum absolute atomic E-state index is 0.0627. The zero-order valence-electron chi connectivity index (χ0n) is 21.5. The van der Waals surface area contributed by atoms with E-state index in [0.717, 1.165) is 29.9 Å². The molecule has 1 N–H and O–H groups in total. The highest BCUT2D eigenvalue weighted by Crippen LogP contribution is 2.32. The molecule has 2 fully saturated rings. The molecule has 1 unspecified atom stereocenters. The van der Waals surface area contributed by atoms with Gasteiger partial charge in [0.25, 0.3) is 11.8 Å². The first-order valence-corrected chi connectivity index (χ1v) is 13.3. The molecule has 2 saturated heterocycles. The van der Waals surface area contributed by atoms with Gasteiger partial charge in [0.1, 0.15) is 11.9 Å². The standard InChI is InChI=1S/C30H29N5O4/c36-27-12-11-25(28(37)32-27)34-19-21-18-20(9-10-24(21)30(34)39)29(38)33-16-13-23(14-17-33)35(22-6-2-1-3-7-22)26-8-4-5-15-31-26/h1-10,15,18,23,25H,11-14,16-17,19H2,(H,32,36,37). The number of likely N-dealkylation sites (tertiary alicyclic amines) is 1. The highest BCUT2D eigenvalue weighted by Gasteiger charge is 2.39. The Hall–Kier alpha value is -4.53. The molecule has 0 bridgehead atoms. The molecule has 2 aromatic carbocycles. The summed E-state index contributed by atoms with van der Waals surface area (Å²) in [6, 6.07) is 20.8. The van der Waals surface area contributed by atoms with Crippen LogP contribution in [0, 0.1) is 0 Å². The first-order valence-electron chi connectivity index (χ1n) is 13.3. The molecule has 9 nitrogen and oxygen atoms in total. The zero-order valence-corrected chi connectivity index (χ0v) is 21.5. The number of benzene rings is 2. The molecule has 4 amide bonds. The molecule has 0 radical (unpaired) electrons. The van der Waals surface area contributed by atoms with E-state index in [1.165, 1.54) is 4.90 Å². The van der Waals surface area contributed by atoms with Crippen LogP contribution in [0.3, 0.4) is 0 Å². The Morgan fingerprint density at radius 3 is 2.41 bits per heavy atom. The number of imide groups is 1. The minimum Gasteiger partial charge on any atom is -0.338 e. The number of carbonyl (C=O) groups excluding carboxylic acids is 4. The minimum atomic E-state index is -0.674. The summed E-state index contributed by atoms with van der Waals surface area (Å²) < 4.78 is 0. The second kappa shape index (κ2) is 10.3. The van der Waals surface area contributed by atoms with Crippen molar-refractivity contribution in [2.24, 2.45) is 0 Å². The molecule has 3 aliphatic heterocycles. The van der Waals surface area contributed by atoms with Gasteiger partial charge in [-0.2, -0.15) is 0 Å². The van der Waals surface area contributed by atoms with Gasteiger partial charge < -0.3 is 14.7 Å². The van der Waals surface area contributed by atoms with E-state index in [4.69, 9.17) is 0 Å². The fourth-order valence-electron chi connectivity index (χ4n) is 5.83. The number of hydrogen-bond acceptors (Lipinski definition) is 6. The van der Waals surface area contributed by atoms with Gasteiger partial charge in [0.15, 0.2) is 0 Å². The van der Waals surface area contributed by atoms with Crippen molar-refractivity contribution in [1.29, 1.82) is 0 Å². The second-order valence-electron chi connectivity index (χ2n) is 10.2. The fourth-order valence-corrected chi connectivity index (χ4v) is 5.83. The van der Waals surface area contributed by atoms with E-state index in [1.54, 1.807) is 24.4 Å². The van der Waals surface area contributed by atoms with Crippen molar-refractivity contribution in [2.75, 3.05) is 18.0 Å². The number of pyridine rings is 1. The molecule has 0 aliphatic carbocycles. The Bertz CT molecular complexity index is 1380. The molecular formula is C30H29N5O4. The SMILES string of the molecule is O=C1CCC(N2Cc3cc(C(=O)N4CCC(N(c5ccccc5)c5ccccn5)CC4)ccc3C2=O)C(=O)N1. The van der Waals surface area contributed by atoms with Crippen molar-refractivity contribution in [3.05, 3.63) is 89.6 Å². The average Bonchev–Trinajstić information content (AvgIpc) is 3.29. The predicted molar refractivity (Wildman–Crippen MR) is 144 cm³/mol. The topological polar surface area (TPSA) is 103 Å². The van der Waals surface area contributed by atoms with Crippen molar-refractivity contribution < 1.29 is 19.2 Å². The van der Waals surface area contributed by atoms with Crippen LogP contribution in [0.15, 0.2) is 72.9 Å². The van der Waals surface area contributed by atoms with Crippen LogP contribution >= 0.6 is 0 Å². The number of nitrogens with zero attached hydrogens (tertiary/aromatic N) is 4. The first-order chi connectivity index (χ1) is 19.0. The number of fused-ring (bicyclic) bond motifs is 1. The molecule has 3 aromatic rings. The number of hydrogen-bond donors (Lipinski definition) is 1. The number of carbonyl (C=O) groups is 4. The normalized spacial score (nSPS) is 19.6. The van der Waals surface area contributed by atoms with Crippen LogP contribution < -0.4 is 10.2 Å². The second-order valence-corrected chi connectivity index (χ2v) is 10.2. The largest absolute Gasteiger partial charge is 0.338 e. The number of para-hydroxylation sites is 1. The van der Waals surface area contributed by atoms with Gasteiger partial charge in [-0.25, -0.2) is 4.98 Å². The summed E-state index contributed by atoms with van der Waals surface area (Å²) in [7, 11) is 0. The van der Waals surface area contributed by atoms with E-state index in [2.05, 4.69) is 27.3 Å². The lowest BCUT2D eigenvalue weighted by atomic mass is 10.00. The molecule has 9 heteroatoms. The van der Waals surface area contributed by atoms with Crippen LogP contribution in [-0.4, -0.2) is 63.6 Å². The molecule has 1 atom stereocenters. The lowest BCUT2D eigenvalue weighted by molar-refractivity contribution is -0.136. The van der Waals surface area contributed by atoms with Crippen molar-refractivity contribution in [1.82, 2.24) is 20.1 Å². The zero-order chi connectivity index (χ0) is 26.9. The van der Waals surface area contributed by atoms with Crippen LogP contribution in [0.2, 0.25) is 0 Å². The highest BCUT2D eigenvalue weighted by atomic mass is 16.2. The van der Waals surface area contributed by atoms with Crippen LogP contribution in [-0.2, 0) is 16.1 Å². The maximum Gasteiger partial charge on any atom is 0.255 e. The maximum absolute atomic E-state index is 13.5. The molecular weight excluding hydrogens is 494 g/mol. The van der Waals surface area contributed by atoms with Crippen molar-refractivity contribution >= 4 is 35.1 Å². The van der Waals surface area contributed by atoms with E-state index < -0.39 is 11.9 Å². The van der Waals surface area contributed by atoms with Gasteiger partial charge in [0.2, 0.25) is 11.8 Å². The summed E-state index contributed by atoms with van der Waals surface area (Å²) in [5.41, 5.74) is 2.85. The molecule has 6 rings (SSSR count). The summed E-state index contributed by atoms with van der Waals surface area (Å²) in [4.78, 5) is 60.5. The average molecular weight is 524 g/mol. The molecule has 39 heavy (non-hydrogen) atoms. The van der Waals surface area contributed by atoms with Gasteiger partial charge in [-0.15, -0.1) is 0 Å². The third-order valence-corrected chi connectivity index (χ3v) is 7.82. The summed E-state index contributed by atoms with van der Waals surface area (Å²) in [5.74, 6) is -0.176. The van der Waals surface area contributed by atoms with Crippen LogP contribution in [0.5, 0.6) is 0 Å². The van der Waals surface area contributed by atoms with Gasteiger partial charge in [-0.3, -0.25) is 24.5 Å².